The molecule has 3 rings (SSSR count). The standard InChI is InChI=1S/C14H11N3O7/c1-24-8-4-2-6-10(11(8)17(22)23)14(21)16(13(6)20)7-3-5-9(18)15-12(7)19/h2,4,7H,3,5H2,1H3,(H,15,18,19). The molecule has 0 saturated carbocycles. The number of methoxy groups -OCH3 is 1. The number of nitrogens with one attached hydrogen (secondary N) is 1. The molecule has 1 unspecified atom stereocenters. The van der Waals surface area contributed by atoms with Crippen LogP contribution in [0.2, 0.25) is 0 Å². The fourth-order valence-electron chi connectivity index (χ4n) is 2.87. The number of imide groups is 2. The van der Waals surface area contributed by atoms with Gasteiger partial charge in [-0.1, -0.05) is 0 Å². The maximum Gasteiger partial charge on any atom is 0.324 e. The average molecular weight is 333 g/mol. The fourth-order valence-corrected chi connectivity index (χ4v) is 2.87. The van der Waals surface area contributed by atoms with Crippen LogP contribution in [-0.2, 0) is 9.59 Å². The third-order valence-corrected chi connectivity index (χ3v) is 3.95. The molecule has 10 nitrogen and oxygen atoms in total. The van der Waals surface area contributed by atoms with E-state index in [4.69, 9.17) is 4.74 Å². The zero-order valence-electron chi connectivity index (χ0n) is 12.4. The lowest BCUT2D eigenvalue weighted by Crippen LogP contribution is -2.54. The number of amides is 4. The van der Waals surface area contributed by atoms with E-state index in [1.165, 1.54) is 19.2 Å². The van der Waals surface area contributed by atoms with E-state index < -0.39 is 45.8 Å². The molecule has 10 heteroatoms. The Morgan fingerprint density at radius 2 is 1.96 bits per heavy atom. The van der Waals surface area contributed by atoms with Crippen molar-refractivity contribution in [3.05, 3.63) is 33.4 Å². The van der Waals surface area contributed by atoms with E-state index in [2.05, 4.69) is 5.32 Å². The Hall–Kier alpha value is -3.30. The van der Waals surface area contributed by atoms with Gasteiger partial charge in [-0.3, -0.25) is 39.5 Å². The smallest absolute Gasteiger partial charge is 0.324 e. The number of ether oxygens (including phenoxy) is 1. The molecule has 124 valence electrons. The van der Waals surface area contributed by atoms with E-state index in [9.17, 15) is 29.3 Å². The predicted molar refractivity (Wildman–Crippen MR) is 76.3 cm³/mol. The maximum atomic E-state index is 12.6. The quantitative estimate of drug-likeness (QED) is 0.467. The summed E-state index contributed by atoms with van der Waals surface area (Å²) in [7, 11) is 1.20. The van der Waals surface area contributed by atoms with Gasteiger partial charge >= 0.3 is 5.69 Å². The molecular weight excluding hydrogens is 322 g/mol. The second kappa shape index (κ2) is 5.41. The molecule has 2 aliphatic heterocycles. The number of hydrogen-bond donors (Lipinski definition) is 1. The van der Waals surface area contributed by atoms with Gasteiger partial charge in [-0.05, 0) is 18.6 Å². The first-order chi connectivity index (χ1) is 11.4. The van der Waals surface area contributed by atoms with Gasteiger partial charge in [0.2, 0.25) is 11.8 Å². The Balaban J connectivity index is 2.09. The molecule has 1 N–H and O–H groups in total. The second-order valence-corrected chi connectivity index (χ2v) is 5.24. The minimum atomic E-state index is -1.18. The first-order valence-corrected chi connectivity index (χ1v) is 6.93. The Kier molecular flexibility index (Phi) is 3.51. The van der Waals surface area contributed by atoms with Crippen LogP contribution in [0.3, 0.4) is 0 Å². The van der Waals surface area contributed by atoms with Crippen molar-refractivity contribution < 1.29 is 28.8 Å². The van der Waals surface area contributed by atoms with Crippen molar-refractivity contribution in [1.82, 2.24) is 10.2 Å². The topological polar surface area (TPSA) is 136 Å². The lowest BCUT2D eigenvalue weighted by atomic mass is 10.0. The molecule has 4 amide bonds. The van der Waals surface area contributed by atoms with Gasteiger partial charge in [-0.25, -0.2) is 0 Å². The molecule has 0 spiro atoms. The van der Waals surface area contributed by atoms with E-state index in [0.717, 1.165) is 0 Å². The number of rotatable bonds is 3. The van der Waals surface area contributed by atoms with Gasteiger partial charge in [0.1, 0.15) is 11.6 Å². The summed E-state index contributed by atoms with van der Waals surface area (Å²) in [6.07, 6.45) is -0.0592. The van der Waals surface area contributed by atoms with E-state index >= 15 is 0 Å². The molecule has 2 aliphatic rings. The fraction of sp³-hybridized carbons (Fsp3) is 0.286. The molecule has 0 aliphatic carbocycles. The number of fused-ring (bicyclic) bond motifs is 1. The van der Waals surface area contributed by atoms with E-state index in [-0.39, 0.29) is 24.2 Å². The SMILES string of the molecule is COc1ccc2c(c1[N+](=O)[O-])C(=O)N(C1CCC(=O)NC1=O)C2=O. The van der Waals surface area contributed by atoms with Crippen molar-refractivity contribution in [2.24, 2.45) is 0 Å². The predicted octanol–water partition coefficient (Wildman–Crippen LogP) is 0.00460. The van der Waals surface area contributed by atoms with Gasteiger partial charge in [0.05, 0.1) is 17.6 Å². The molecule has 0 bridgehead atoms. The number of carbonyl (C=O) groups is 4. The first kappa shape index (κ1) is 15.6. The third-order valence-electron chi connectivity index (χ3n) is 3.95. The van der Waals surface area contributed by atoms with Crippen LogP contribution in [-0.4, -0.2) is 46.6 Å². The minimum absolute atomic E-state index is 0.0267. The van der Waals surface area contributed by atoms with Gasteiger partial charge in [-0.2, -0.15) is 0 Å². The zero-order chi connectivity index (χ0) is 17.6. The zero-order valence-corrected chi connectivity index (χ0v) is 12.4. The highest BCUT2D eigenvalue weighted by Crippen LogP contribution is 2.39. The van der Waals surface area contributed by atoms with Gasteiger partial charge in [0.15, 0.2) is 5.75 Å². The van der Waals surface area contributed by atoms with Crippen molar-refractivity contribution in [2.45, 2.75) is 18.9 Å². The number of benzene rings is 1. The Bertz CT molecular complexity index is 817. The highest BCUT2D eigenvalue weighted by Gasteiger charge is 2.48. The van der Waals surface area contributed by atoms with Crippen molar-refractivity contribution in [3.63, 3.8) is 0 Å². The van der Waals surface area contributed by atoms with Gasteiger partial charge < -0.3 is 4.74 Å². The highest BCUT2D eigenvalue weighted by atomic mass is 16.6. The summed E-state index contributed by atoms with van der Waals surface area (Å²) in [6, 6.07) is 1.28. The number of nitro groups is 1. The van der Waals surface area contributed by atoms with Crippen molar-refractivity contribution in [1.29, 1.82) is 0 Å². The van der Waals surface area contributed by atoms with Crippen LogP contribution < -0.4 is 10.1 Å². The van der Waals surface area contributed by atoms with Gasteiger partial charge in [-0.15, -0.1) is 0 Å². The second-order valence-electron chi connectivity index (χ2n) is 5.24. The van der Waals surface area contributed by atoms with Gasteiger partial charge in [0.25, 0.3) is 11.8 Å². The monoisotopic (exact) mass is 333 g/mol. The summed E-state index contributed by atoms with van der Waals surface area (Å²) in [5.74, 6) is -3.20. The van der Waals surface area contributed by atoms with Crippen LogP contribution in [0.1, 0.15) is 33.6 Å². The minimum Gasteiger partial charge on any atom is -0.490 e. The van der Waals surface area contributed by atoms with E-state index in [0.29, 0.717) is 4.90 Å². The summed E-state index contributed by atoms with van der Waals surface area (Å²) in [4.78, 5) is 59.4. The largest absolute Gasteiger partial charge is 0.490 e. The summed E-state index contributed by atoms with van der Waals surface area (Å²) >= 11 is 0. The van der Waals surface area contributed by atoms with Gasteiger partial charge in [0, 0.05) is 6.42 Å². The molecule has 1 atom stereocenters. The summed E-state index contributed by atoms with van der Waals surface area (Å²) in [6.45, 7) is 0. The van der Waals surface area contributed by atoms with Crippen molar-refractivity contribution in [2.75, 3.05) is 7.11 Å². The van der Waals surface area contributed by atoms with Crippen LogP contribution >= 0.6 is 0 Å². The summed E-state index contributed by atoms with van der Waals surface area (Å²) in [5, 5.41) is 13.4. The van der Waals surface area contributed by atoms with E-state index in [1.807, 2.05) is 0 Å². The molecule has 2 heterocycles. The molecule has 0 aromatic heterocycles. The van der Waals surface area contributed by atoms with Crippen molar-refractivity contribution >= 4 is 29.3 Å². The lowest BCUT2D eigenvalue weighted by molar-refractivity contribution is -0.386. The van der Waals surface area contributed by atoms with E-state index in [1.54, 1.807) is 0 Å². The Morgan fingerprint density at radius 3 is 2.54 bits per heavy atom. The molecule has 24 heavy (non-hydrogen) atoms. The van der Waals surface area contributed by atoms with Crippen LogP contribution in [0.4, 0.5) is 5.69 Å². The van der Waals surface area contributed by atoms with Crippen LogP contribution in [0.15, 0.2) is 12.1 Å². The number of carbonyl (C=O) groups excluding carboxylic acids is 4. The highest BCUT2D eigenvalue weighted by molar-refractivity contribution is 6.25. The summed E-state index contributed by atoms with van der Waals surface area (Å²) in [5.41, 5.74) is -1.20. The molecule has 1 saturated heterocycles. The molecule has 0 radical (unpaired) electrons. The number of piperidine rings is 1. The number of nitro benzene ring substituents is 1. The molecule has 1 aromatic rings. The van der Waals surface area contributed by atoms with Crippen LogP contribution in [0.25, 0.3) is 0 Å². The number of hydrogen-bond acceptors (Lipinski definition) is 7. The third kappa shape index (κ3) is 2.11. The van der Waals surface area contributed by atoms with Crippen LogP contribution in [0.5, 0.6) is 5.75 Å². The maximum absolute atomic E-state index is 12.6. The lowest BCUT2D eigenvalue weighted by Gasteiger charge is -2.27. The molecule has 1 aromatic carbocycles. The summed E-state index contributed by atoms with van der Waals surface area (Å²) < 4.78 is 4.88. The van der Waals surface area contributed by atoms with Crippen LogP contribution in [0, 0.1) is 10.1 Å². The number of nitrogens with zero attached hydrogens (tertiary/aromatic N) is 2. The first-order valence-electron chi connectivity index (χ1n) is 6.93. The average Bonchev–Trinajstić information content (AvgIpc) is 2.78. The molecular formula is C14H11N3O7. The molecule has 1 fully saturated rings. The normalized spacial score (nSPS) is 20.0. The Labute approximate surface area is 134 Å². The van der Waals surface area contributed by atoms with Crippen molar-refractivity contribution in [3.8, 4) is 5.75 Å². The Morgan fingerprint density at radius 1 is 1.25 bits per heavy atom.